The Morgan fingerprint density at radius 2 is 1.53 bits per heavy atom. The Bertz CT molecular complexity index is 158. The molecule has 4 heteroatoms. The Morgan fingerprint density at radius 1 is 1.07 bits per heavy atom. The Balaban J connectivity index is 3.92. The Hall–Kier alpha value is -0.160. The third kappa shape index (κ3) is 10.1. The van der Waals surface area contributed by atoms with Crippen molar-refractivity contribution in [3.05, 3.63) is 0 Å². The van der Waals surface area contributed by atoms with Crippen molar-refractivity contribution in [1.29, 1.82) is 0 Å². The summed E-state index contributed by atoms with van der Waals surface area (Å²) in [7, 11) is 0. The molecule has 0 aliphatic rings. The number of hydrogen-bond donors (Lipinski definition) is 3. The van der Waals surface area contributed by atoms with Gasteiger partial charge in [0, 0.05) is 17.5 Å². The minimum absolute atomic E-state index is 0.0148. The maximum Gasteiger partial charge on any atom is 0.0744 e. The highest BCUT2D eigenvalue weighted by atomic mass is 15.1. The lowest BCUT2D eigenvalue weighted by Gasteiger charge is -2.29. The van der Waals surface area contributed by atoms with Crippen LogP contribution in [0.25, 0.3) is 0 Å². The molecule has 0 heterocycles. The zero-order chi connectivity index (χ0) is 12.3. The largest absolute Gasteiger partial charge is 0.316 e. The molecule has 1 radical (unpaired) electrons. The fraction of sp³-hybridized carbons (Fsp3) is 1.00. The second-order valence-electron chi connectivity index (χ2n) is 6.10. The summed E-state index contributed by atoms with van der Waals surface area (Å²) in [5, 5.41) is 7.71. The van der Waals surface area contributed by atoms with E-state index < -0.39 is 0 Å². The Labute approximate surface area is 94.2 Å². The monoisotopic (exact) mass is 215 g/mol. The van der Waals surface area contributed by atoms with E-state index in [9.17, 15) is 0 Å². The highest BCUT2D eigenvalue weighted by molar-refractivity contribution is 4.80. The zero-order valence-corrected chi connectivity index (χ0v) is 11.0. The van der Waals surface area contributed by atoms with Gasteiger partial charge in [0.2, 0.25) is 0 Å². The maximum absolute atomic E-state index is 5.93. The first-order chi connectivity index (χ1) is 6.49. The van der Waals surface area contributed by atoms with Gasteiger partial charge in [0.25, 0.3) is 0 Å². The van der Waals surface area contributed by atoms with Crippen LogP contribution in [0.5, 0.6) is 0 Å². The quantitative estimate of drug-likeness (QED) is 0.605. The molecule has 4 nitrogen and oxygen atoms in total. The summed E-state index contributed by atoms with van der Waals surface area (Å²) in [6.07, 6.45) is 0.357. The van der Waals surface area contributed by atoms with Crippen molar-refractivity contribution >= 4 is 0 Å². The second-order valence-corrected chi connectivity index (χ2v) is 6.10. The molecule has 0 aliphatic heterocycles. The number of nitrogens with one attached hydrogen (secondary N) is 1. The van der Waals surface area contributed by atoms with Crippen LogP contribution in [-0.2, 0) is 0 Å². The molecule has 0 aromatic carbocycles. The van der Waals surface area contributed by atoms with Crippen LogP contribution in [-0.4, -0.2) is 23.4 Å². The highest BCUT2D eigenvalue weighted by Gasteiger charge is 2.20. The van der Waals surface area contributed by atoms with E-state index in [4.69, 9.17) is 11.5 Å². The van der Waals surface area contributed by atoms with E-state index >= 15 is 0 Å². The van der Waals surface area contributed by atoms with Crippen LogP contribution in [0.3, 0.4) is 0 Å². The van der Waals surface area contributed by atoms with Gasteiger partial charge in [-0.2, -0.15) is 0 Å². The summed E-state index contributed by atoms with van der Waals surface area (Å²) in [5.41, 5.74) is 11.7. The SMILES string of the molecule is CC(C)(C)[N]C(N)CC(N)NC(C)(C)C. The molecule has 0 aliphatic carbocycles. The molecule has 5 N–H and O–H groups in total. The number of nitrogens with zero attached hydrogens (tertiary/aromatic N) is 1. The van der Waals surface area contributed by atoms with Crippen LogP contribution in [0.15, 0.2) is 0 Å². The lowest BCUT2D eigenvalue weighted by Crippen LogP contribution is -2.53. The van der Waals surface area contributed by atoms with Gasteiger partial charge in [0.15, 0.2) is 0 Å². The molecule has 0 rings (SSSR count). The van der Waals surface area contributed by atoms with Crippen LogP contribution < -0.4 is 22.1 Å². The number of hydrogen-bond acceptors (Lipinski definition) is 3. The minimum atomic E-state index is -0.199. The van der Waals surface area contributed by atoms with E-state index in [0.29, 0.717) is 6.42 Å². The number of rotatable bonds is 4. The fourth-order valence-corrected chi connectivity index (χ4v) is 1.43. The zero-order valence-electron chi connectivity index (χ0n) is 11.0. The molecule has 91 valence electrons. The van der Waals surface area contributed by atoms with E-state index in [1.165, 1.54) is 0 Å². The van der Waals surface area contributed by atoms with Crippen LogP contribution in [0, 0.1) is 0 Å². The van der Waals surface area contributed by atoms with Gasteiger partial charge in [-0.3, -0.25) is 5.32 Å². The normalized spacial score (nSPS) is 17.6. The van der Waals surface area contributed by atoms with Gasteiger partial charge in [-0.1, -0.05) is 0 Å². The molecule has 0 saturated carbocycles. The van der Waals surface area contributed by atoms with Crippen LogP contribution in [0.2, 0.25) is 0 Å². The van der Waals surface area contributed by atoms with E-state index in [2.05, 4.69) is 31.4 Å². The van der Waals surface area contributed by atoms with Gasteiger partial charge in [0.05, 0.1) is 12.3 Å². The minimum Gasteiger partial charge on any atom is -0.316 e. The third-order valence-corrected chi connectivity index (χ3v) is 1.67. The predicted molar refractivity (Wildman–Crippen MR) is 65.3 cm³/mol. The first-order valence-corrected chi connectivity index (χ1v) is 5.50. The Morgan fingerprint density at radius 3 is 1.87 bits per heavy atom. The standard InChI is InChI=1S/C11H27N4/c1-10(2,3)14-8(12)7-9(13)15-11(4,5)6/h8-9,14H,7,12-13H2,1-6H3. The van der Waals surface area contributed by atoms with Crippen molar-refractivity contribution in [2.75, 3.05) is 0 Å². The van der Waals surface area contributed by atoms with E-state index in [1.807, 2.05) is 20.8 Å². The lowest BCUT2D eigenvalue weighted by molar-refractivity contribution is 0.285. The molecule has 2 unspecified atom stereocenters. The number of nitrogens with two attached hydrogens (primary N) is 2. The molecule has 0 bridgehead atoms. The van der Waals surface area contributed by atoms with Gasteiger partial charge in [-0.25, -0.2) is 5.32 Å². The summed E-state index contributed by atoms with van der Waals surface area (Å²) in [5.74, 6) is 0. The van der Waals surface area contributed by atoms with E-state index in [1.54, 1.807) is 0 Å². The van der Waals surface area contributed by atoms with E-state index in [-0.39, 0.29) is 23.4 Å². The van der Waals surface area contributed by atoms with Crippen molar-refractivity contribution in [2.24, 2.45) is 11.5 Å². The van der Waals surface area contributed by atoms with Crippen molar-refractivity contribution in [1.82, 2.24) is 10.6 Å². The van der Waals surface area contributed by atoms with Crippen molar-refractivity contribution in [3.8, 4) is 0 Å². The van der Waals surface area contributed by atoms with Crippen molar-refractivity contribution in [3.63, 3.8) is 0 Å². The first-order valence-electron chi connectivity index (χ1n) is 5.50. The molecule has 0 spiro atoms. The first kappa shape index (κ1) is 14.8. The second kappa shape index (κ2) is 5.25. The molecular weight excluding hydrogens is 188 g/mol. The third-order valence-electron chi connectivity index (χ3n) is 1.67. The maximum atomic E-state index is 5.93. The molecule has 2 atom stereocenters. The topological polar surface area (TPSA) is 78.2 Å². The van der Waals surface area contributed by atoms with Gasteiger partial charge < -0.3 is 11.5 Å². The Kier molecular flexibility index (Phi) is 5.20. The molecule has 0 fully saturated rings. The highest BCUT2D eigenvalue weighted by Crippen LogP contribution is 2.06. The van der Waals surface area contributed by atoms with Crippen molar-refractivity contribution < 1.29 is 0 Å². The van der Waals surface area contributed by atoms with Crippen LogP contribution in [0.4, 0.5) is 0 Å². The summed E-state index contributed by atoms with van der Waals surface area (Å²) in [6, 6.07) is 0. The summed E-state index contributed by atoms with van der Waals surface area (Å²) >= 11 is 0. The smallest absolute Gasteiger partial charge is 0.0744 e. The molecule has 0 amide bonds. The van der Waals surface area contributed by atoms with Crippen LogP contribution in [0.1, 0.15) is 48.0 Å². The van der Waals surface area contributed by atoms with Gasteiger partial charge in [0.1, 0.15) is 0 Å². The van der Waals surface area contributed by atoms with Crippen molar-refractivity contribution in [2.45, 2.75) is 71.4 Å². The molecule has 0 aromatic rings. The summed E-state index contributed by atoms with van der Waals surface area (Å²) in [4.78, 5) is 0. The lowest BCUT2D eigenvalue weighted by atomic mass is 10.1. The summed E-state index contributed by atoms with van der Waals surface area (Å²) in [6.45, 7) is 12.4. The van der Waals surface area contributed by atoms with E-state index in [0.717, 1.165) is 0 Å². The molecule has 0 saturated heterocycles. The molecule has 0 aromatic heterocycles. The van der Waals surface area contributed by atoms with Gasteiger partial charge in [-0.05, 0) is 41.5 Å². The fourth-order valence-electron chi connectivity index (χ4n) is 1.43. The summed E-state index contributed by atoms with van der Waals surface area (Å²) < 4.78 is 0. The van der Waals surface area contributed by atoms with Crippen LogP contribution >= 0.6 is 0 Å². The van der Waals surface area contributed by atoms with Gasteiger partial charge >= 0.3 is 0 Å². The molecular formula is C11H27N4. The molecule has 15 heavy (non-hydrogen) atoms. The predicted octanol–water partition coefficient (Wildman–Crippen LogP) is 0.737. The van der Waals surface area contributed by atoms with Gasteiger partial charge in [-0.15, -0.1) is 0 Å². The average Bonchev–Trinajstić information content (AvgIpc) is 1.73. The average molecular weight is 215 g/mol.